The fourth-order valence-corrected chi connectivity index (χ4v) is 2.17. The van der Waals surface area contributed by atoms with Crippen LogP contribution >= 0.6 is 0 Å². The summed E-state index contributed by atoms with van der Waals surface area (Å²) in [5, 5.41) is 3.36. The van der Waals surface area contributed by atoms with Crippen molar-refractivity contribution >= 4 is 11.6 Å². The molecule has 2 rings (SSSR count). The van der Waals surface area contributed by atoms with Crippen molar-refractivity contribution in [1.29, 1.82) is 0 Å². The summed E-state index contributed by atoms with van der Waals surface area (Å²) < 4.78 is 0. The molecule has 1 aromatic rings. The van der Waals surface area contributed by atoms with Crippen LogP contribution in [0.2, 0.25) is 0 Å². The minimum Gasteiger partial charge on any atom is -0.378 e. The number of carbonyl (C=O) groups excluding carboxylic acids is 1. The van der Waals surface area contributed by atoms with Gasteiger partial charge in [-0.25, -0.2) is 0 Å². The average Bonchev–Trinajstić information content (AvgIpc) is 2.53. The van der Waals surface area contributed by atoms with Gasteiger partial charge in [-0.3, -0.25) is 10.1 Å². The van der Waals surface area contributed by atoms with E-state index in [1.807, 2.05) is 64.2 Å². The molecule has 1 heterocycles. The Labute approximate surface area is 109 Å². The topological polar surface area (TPSA) is 35.6 Å². The number of nitrogens with one attached hydrogen (secondary N) is 1. The summed E-state index contributed by atoms with van der Waals surface area (Å²) in [4.78, 5) is 16.0. The lowest BCUT2D eigenvalue weighted by molar-refractivity contribution is -0.130. The van der Waals surface area contributed by atoms with Crippen LogP contribution in [0.5, 0.6) is 0 Å². The molecule has 98 valence electrons. The molecule has 1 amide bonds. The van der Waals surface area contributed by atoms with Crippen molar-refractivity contribution in [1.82, 2.24) is 10.2 Å². The van der Waals surface area contributed by atoms with Crippen LogP contribution in [-0.2, 0) is 4.79 Å². The number of rotatable bonds is 2. The first-order chi connectivity index (χ1) is 8.33. The van der Waals surface area contributed by atoms with Crippen molar-refractivity contribution in [2.24, 2.45) is 0 Å². The minimum atomic E-state index is -0.290. The summed E-state index contributed by atoms with van der Waals surface area (Å²) in [5.41, 5.74) is 1.86. The Balaban J connectivity index is 2.25. The maximum atomic E-state index is 12.2. The van der Waals surface area contributed by atoms with Gasteiger partial charge in [-0.1, -0.05) is 12.1 Å². The van der Waals surface area contributed by atoms with Gasteiger partial charge in [-0.2, -0.15) is 0 Å². The first kappa shape index (κ1) is 12.9. The van der Waals surface area contributed by atoms with E-state index in [2.05, 4.69) is 5.32 Å². The highest BCUT2D eigenvalue weighted by molar-refractivity contribution is 5.86. The molecule has 1 saturated heterocycles. The van der Waals surface area contributed by atoms with E-state index in [4.69, 9.17) is 0 Å². The molecule has 1 aliphatic rings. The van der Waals surface area contributed by atoms with E-state index in [0.717, 1.165) is 11.3 Å². The lowest BCUT2D eigenvalue weighted by Crippen LogP contribution is -2.44. The molecule has 0 radical (unpaired) electrons. The molecule has 4 heteroatoms. The number of nitrogens with zero attached hydrogens (tertiary/aromatic N) is 2. The Morgan fingerprint density at radius 2 is 1.78 bits per heavy atom. The van der Waals surface area contributed by atoms with Crippen LogP contribution in [0.15, 0.2) is 24.3 Å². The molecular formula is C14H21N3O. The predicted molar refractivity (Wildman–Crippen MR) is 73.5 cm³/mol. The van der Waals surface area contributed by atoms with Crippen molar-refractivity contribution in [3.8, 4) is 0 Å². The van der Waals surface area contributed by atoms with Crippen molar-refractivity contribution < 1.29 is 4.79 Å². The molecule has 1 atom stereocenters. The predicted octanol–water partition coefficient (Wildman–Crippen LogP) is 1.59. The quantitative estimate of drug-likeness (QED) is 0.862. The van der Waals surface area contributed by atoms with Crippen LogP contribution in [-0.4, -0.2) is 37.6 Å². The van der Waals surface area contributed by atoms with Gasteiger partial charge in [-0.15, -0.1) is 0 Å². The van der Waals surface area contributed by atoms with Crippen molar-refractivity contribution in [2.75, 3.05) is 26.0 Å². The van der Waals surface area contributed by atoms with E-state index in [0.29, 0.717) is 0 Å². The zero-order valence-electron chi connectivity index (χ0n) is 11.7. The standard InChI is InChI=1S/C14H21N3O/c1-14(2)15-12(13(18)17(14)5)10-6-8-11(9-7-10)16(3)4/h6-9,12,15H,1-5H3/t12-/m1/s1. The maximum Gasteiger partial charge on any atom is 0.245 e. The number of hydrogen-bond acceptors (Lipinski definition) is 3. The zero-order valence-corrected chi connectivity index (χ0v) is 11.7. The molecule has 1 N–H and O–H groups in total. The highest BCUT2D eigenvalue weighted by Crippen LogP contribution is 2.29. The van der Waals surface area contributed by atoms with Gasteiger partial charge in [0.05, 0.1) is 5.66 Å². The second-order valence-corrected chi connectivity index (χ2v) is 5.52. The van der Waals surface area contributed by atoms with E-state index in [1.54, 1.807) is 4.90 Å². The van der Waals surface area contributed by atoms with Crippen LogP contribution in [0, 0.1) is 0 Å². The molecule has 0 aliphatic carbocycles. The Morgan fingerprint density at radius 1 is 1.22 bits per heavy atom. The van der Waals surface area contributed by atoms with E-state index in [9.17, 15) is 4.79 Å². The highest BCUT2D eigenvalue weighted by atomic mass is 16.2. The molecule has 1 aliphatic heterocycles. The largest absolute Gasteiger partial charge is 0.378 e. The van der Waals surface area contributed by atoms with Gasteiger partial charge in [0.2, 0.25) is 5.91 Å². The van der Waals surface area contributed by atoms with E-state index in [1.165, 1.54) is 0 Å². The highest BCUT2D eigenvalue weighted by Gasteiger charge is 2.42. The Morgan fingerprint density at radius 3 is 2.17 bits per heavy atom. The van der Waals surface area contributed by atoms with Crippen LogP contribution in [0.25, 0.3) is 0 Å². The van der Waals surface area contributed by atoms with Crippen molar-refractivity contribution in [3.63, 3.8) is 0 Å². The fraction of sp³-hybridized carbons (Fsp3) is 0.500. The third-order valence-corrected chi connectivity index (χ3v) is 3.66. The molecule has 0 unspecified atom stereocenters. The second-order valence-electron chi connectivity index (χ2n) is 5.52. The van der Waals surface area contributed by atoms with Gasteiger partial charge in [0.25, 0.3) is 0 Å². The van der Waals surface area contributed by atoms with Crippen LogP contribution in [0.4, 0.5) is 5.69 Å². The summed E-state index contributed by atoms with van der Waals surface area (Å²) in [7, 11) is 5.85. The van der Waals surface area contributed by atoms with Crippen LogP contribution in [0.1, 0.15) is 25.5 Å². The lowest BCUT2D eigenvalue weighted by atomic mass is 10.1. The van der Waals surface area contributed by atoms with Gasteiger partial charge in [0.15, 0.2) is 0 Å². The number of hydrogen-bond donors (Lipinski definition) is 1. The summed E-state index contributed by atoms with van der Waals surface area (Å²) in [5.74, 6) is 0.123. The van der Waals surface area contributed by atoms with Crippen molar-refractivity contribution in [2.45, 2.75) is 25.6 Å². The molecule has 0 spiro atoms. The molecule has 0 bridgehead atoms. The Hall–Kier alpha value is -1.55. The molecule has 0 aromatic heterocycles. The molecular weight excluding hydrogens is 226 g/mol. The summed E-state index contributed by atoms with van der Waals surface area (Å²) in [6.07, 6.45) is 0. The smallest absolute Gasteiger partial charge is 0.245 e. The molecule has 4 nitrogen and oxygen atoms in total. The Kier molecular flexibility index (Phi) is 3.07. The lowest BCUT2D eigenvalue weighted by Gasteiger charge is -2.27. The molecule has 0 saturated carbocycles. The first-order valence-electron chi connectivity index (χ1n) is 6.15. The molecule has 1 aromatic carbocycles. The summed E-state index contributed by atoms with van der Waals surface area (Å²) >= 11 is 0. The number of likely N-dealkylation sites (N-methyl/N-ethyl adjacent to an activating group) is 1. The molecule has 1 fully saturated rings. The van der Waals surface area contributed by atoms with Gasteiger partial charge >= 0.3 is 0 Å². The van der Waals surface area contributed by atoms with E-state index >= 15 is 0 Å². The van der Waals surface area contributed by atoms with Crippen LogP contribution in [0.3, 0.4) is 0 Å². The molecule has 18 heavy (non-hydrogen) atoms. The zero-order chi connectivity index (χ0) is 13.5. The van der Waals surface area contributed by atoms with E-state index < -0.39 is 0 Å². The summed E-state index contributed by atoms with van der Waals surface area (Å²) in [6.45, 7) is 4.03. The Bertz CT molecular complexity index is 451. The average molecular weight is 247 g/mol. The second kappa shape index (κ2) is 4.28. The van der Waals surface area contributed by atoms with Gasteiger partial charge in [0.1, 0.15) is 6.04 Å². The third-order valence-electron chi connectivity index (χ3n) is 3.66. The number of benzene rings is 1. The normalized spacial score (nSPS) is 22.4. The van der Waals surface area contributed by atoms with Crippen molar-refractivity contribution in [3.05, 3.63) is 29.8 Å². The van der Waals surface area contributed by atoms with Crippen LogP contribution < -0.4 is 10.2 Å². The monoisotopic (exact) mass is 247 g/mol. The number of carbonyl (C=O) groups is 1. The fourth-order valence-electron chi connectivity index (χ4n) is 2.17. The summed E-state index contributed by atoms with van der Waals surface area (Å²) in [6, 6.07) is 7.87. The van der Waals surface area contributed by atoms with Gasteiger partial charge in [-0.05, 0) is 31.5 Å². The number of amides is 1. The maximum absolute atomic E-state index is 12.2. The SMILES string of the molecule is CN(C)c1ccc([C@H]2NC(C)(C)N(C)C2=O)cc1. The van der Waals surface area contributed by atoms with E-state index in [-0.39, 0.29) is 17.6 Å². The third kappa shape index (κ3) is 2.08. The number of anilines is 1. The van der Waals surface area contributed by atoms with Gasteiger partial charge < -0.3 is 9.80 Å². The van der Waals surface area contributed by atoms with Gasteiger partial charge in [0, 0.05) is 26.8 Å². The minimum absolute atomic E-state index is 0.123. The first-order valence-corrected chi connectivity index (χ1v) is 6.15.